The van der Waals surface area contributed by atoms with Crippen LogP contribution < -0.4 is 5.43 Å². The molecule has 0 spiro atoms. The Bertz CT molecular complexity index is 584. The van der Waals surface area contributed by atoms with Crippen LogP contribution in [0.4, 0.5) is 0 Å². The number of rotatable bonds is 2. The lowest BCUT2D eigenvalue weighted by atomic mass is 10.1. The number of pyridine rings is 1. The van der Waals surface area contributed by atoms with Crippen LogP contribution in [0, 0.1) is 0 Å². The van der Waals surface area contributed by atoms with Crippen molar-refractivity contribution < 1.29 is 5.11 Å². The summed E-state index contributed by atoms with van der Waals surface area (Å²) in [7, 11) is 1.89. The summed E-state index contributed by atoms with van der Waals surface area (Å²) in [5.41, 5.74) is 2.50. The Morgan fingerprint density at radius 1 is 1.38 bits per heavy atom. The van der Waals surface area contributed by atoms with Gasteiger partial charge in [-0.15, -0.1) is 0 Å². The van der Waals surface area contributed by atoms with Gasteiger partial charge >= 0.3 is 0 Å². The highest BCUT2D eigenvalue weighted by Gasteiger charge is 2.06. The van der Waals surface area contributed by atoms with E-state index in [0.29, 0.717) is 10.9 Å². The summed E-state index contributed by atoms with van der Waals surface area (Å²) in [5, 5.41) is 9.76. The summed E-state index contributed by atoms with van der Waals surface area (Å²) < 4.78 is 1.89. The van der Waals surface area contributed by atoms with Gasteiger partial charge in [-0.05, 0) is 24.1 Å². The number of aliphatic hydroxyl groups excluding tert-OH is 1. The van der Waals surface area contributed by atoms with Gasteiger partial charge in [0, 0.05) is 24.2 Å². The van der Waals surface area contributed by atoms with Gasteiger partial charge in [0.25, 0.3) is 0 Å². The number of hydrogen-bond donors (Lipinski definition) is 1. The zero-order valence-electron chi connectivity index (χ0n) is 9.53. The van der Waals surface area contributed by atoms with E-state index >= 15 is 0 Å². The van der Waals surface area contributed by atoms with Crippen molar-refractivity contribution in [3.8, 4) is 0 Å². The molecule has 2 aromatic rings. The first-order chi connectivity index (χ1) is 7.67. The molecule has 0 aliphatic heterocycles. The van der Waals surface area contributed by atoms with Crippen molar-refractivity contribution in [2.75, 3.05) is 0 Å². The monoisotopic (exact) mass is 217 g/mol. The van der Waals surface area contributed by atoms with Gasteiger partial charge in [-0.1, -0.05) is 13.0 Å². The highest BCUT2D eigenvalue weighted by molar-refractivity contribution is 5.80. The number of aliphatic hydroxyl groups is 1. The Hall–Kier alpha value is -1.61. The van der Waals surface area contributed by atoms with Crippen molar-refractivity contribution in [1.29, 1.82) is 0 Å². The summed E-state index contributed by atoms with van der Waals surface area (Å²) in [4.78, 5) is 11.9. The molecule has 0 aliphatic rings. The Kier molecular flexibility index (Phi) is 2.79. The van der Waals surface area contributed by atoms with Gasteiger partial charge in [-0.2, -0.15) is 0 Å². The van der Waals surface area contributed by atoms with Gasteiger partial charge in [0.1, 0.15) is 0 Å². The molecular weight excluding hydrogens is 202 g/mol. The Morgan fingerprint density at radius 2 is 2.12 bits per heavy atom. The normalized spacial score (nSPS) is 10.9. The van der Waals surface area contributed by atoms with E-state index in [1.807, 2.05) is 29.8 Å². The molecule has 1 heterocycles. The SMILES string of the molecule is CCc1ccc2c(=O)c(CO)cn(C)c2c1. The second kappa shape index (κ2) is 4.10. The molecule has 16 heavy (non-hydrogen) atoms. The molecule has 0 amide bonds. The van der Waals surface area contributed by atoms with Crippen LogP contribution in [-0.4, -0.2) is 9.67 Å². The molecular formula is C13H15NO2. The fourth-order valence-electron chi connectivity index (χ4n) is 1.93. The Morgan fingerprint density at radius 3 is 2.75 bits per heavy atom. The van der Waals surface area contributed by atoms with Crippen molar-refractivity contribution in [2.24, 2.45) is 7.05 Å². The average Bonchev–Trinajstić information content (AvgIpc) is 2.33. The first-order valence-corrected chi connectivity index (χ1v) is 5.39. The number of aryl methyl sites for hydroxylation is 2. The molecule has 2 rings (SSSR count). The fourth-order valence-corrected chi connectivity index (χ4v) is 1.93. The van der Waals surface area contributed by atoms with Gasteiger partial charge < -0.3 is 9.67 Å². The van der Waals surface area contributed by atoms with Gasteiger partial charge in [0.05, 0.1) is 12.1 Å². The lowest BCUT2D eigenvalue weighted by molar-refractivity contribution is 0.280. The minimum absolute atomic E-state index is 0.0711. The standard InChI is InChI=1S/C13H15NO2/c1-3-9-4-5-11-12(6-9)14(2)7-10(8-15)13(11)16/h4-7,15H,3,8H2,1-2H3. The Labute approximate surface area is 94.0 Å². The lowest BCUT2D eigenvalue weighted by Gasteiger charge is -2.08. The summed E-state index contributed by atoms with van der Waals surface area (Å²) >= 11 is 0. The summed E-state index contributed by atoms with van der Waals surface area (Å²) in [5.74, 6) is 0. The predicted molar refractivity (Wildman–Crippen MR) is 64.5 cm³/mol. The number of benzene rings is 1. The van der Waals surface area contributed by atoms with Crippen LogP contribution >= 0.6 is 0 Å². The first kappa shape index (κ1) is 10.9. The van der Waals surface area contributed by atoms with E-state index in [9.17, 15) is 4.79 Å². The summed E-state index contributed by atoms with van der Waals surface area (Å²) in [6, 6.07) is 5.83. The van der Waals surface area contributed by atoms with Crippen molar-refractivity contribution in [3.05, 3.63) is 45.7 Å². The van der Waals surface area contributed by atoms with Crippen LogP contribution in [-0.2, 0) is 20.1 Å². The van der Waals surface area contributed by atoms with E-state index in [1.165, 1.54) is 5.56 Å². The molecule has 1 aromatic heterocycles. The summed E-state index contributed by atoms with van der Waals surface area (Å²) in [6.07, 6.45) is 2.65. The maximum absolute atomic E-state index is 11.9. The van der Waals surface area contributed by atoms with E-state index < -0.39 is 0 Å². The smallest absolute Gasteiger partial charge is 0.194 e. The molecule has 3 nitrogen and oxygen atoms in total. The van der Waals surface area contributed by atoms with Gasteiger partial charge in [0.2, 0.25) is 0 Å². The molecule has 0 fully saturated rings. The third-order valence-corrected chi connectivity index (χ3v) is 2.91. The van der Waals surface area contributed by atoms with E-state index in [-0.39, 0.29) is 12.0 Å². The molecule has 0 unspecified atom stereocenters. The largest absolute Gasteiger partial charge is 0.391 e. The van der Waals surface area contributed by atoms with Gasteiger partial charge in [0.15, 0.2) is 5.43 Å². The molecule has 0 saturated carbocycles. The molecule has 0 atom stereocenters. The van der Waals surface area contributed by atoms with Crippen LogP contribution in [0.3, 0.4) is 0 Å². The van der Waals surface area contributed by atoms with Crippen molar-refractivity contribution in [1.82, 2.24) is 4.57 Å². The number of hydrogen-bond acceptors (Lipinski definition) is 2. The van der Waals surface area contributed by atoms with E-state index in [1.54, 1.807) is 6.20 Å². The topological polar surface area (TPSA) is 42.2 Å². The number of aromatic nitrogens is 1. The van der Waals surface area contributed by atoms with Crippen LogP contribution in [0.5, 0.6) is 0 Å². The highest BCUT2D eigenvalue weighted by atomic mass is 16.3. The molecule has 3 heteroatoms. The molecule has 1 aromatic carbocycles. The van der Waals surface area contributed by atoms with E-state index in [4.69, 9.17) is 5.11 Å². The third-order valence-electron chi connectivity index (χ3n) is 2.91. The molecule has 0 bridgehead atoms. The molecule has 0 aliphatic carbocycles. The average molecular weight is 217 g/mol. The number of nitrogens with zero attached hydrogens (tertiary/aromatic N) is 1. The van der Waals surface area contributed by atoms with Gasteiger partial charge in [-0.3, -0.25) is 4.79 Å². The molecule has 1 N–H and O–H groups in total. The fraction of sp³-hybridized carbons (Fsp3) is 0.308. The number of fused-ring (bicyclic) bond motifs is 1. The first-order valence-electron chi connectivity index (χ1n) is 5.39. The minimum Gasteiger partial charge on any atom is -0.391 e. The molecule has 84 valence electrons. The zero-order chi connectivity index (χ0) is 11.7. The summed E-state index contributed by atoms with van der Waals surface area (Å²) in [6.45, 7) is 1.87. The Balaban J connectivity index is 2.84. The quantitative estimate of drug-likeness (QED) is 0.830. The van der Waals surface area contributed by atoms with Crippen LogP contribution in [0.1, 0.15) is 18.1 Å². The van der Waals surface area contributed by atoms with Crippen molar-refractivity contribution in [2.45, 2.75) is 20.0 Å². The van der Waals surface area contributed by atoms with Crippen LogP contribution in [0.15, 0.2) is 29.2 Å². The van der Waals surface area contributed by atoms with Crippen molar-refractivity contribution in [3.63, 3.8) is 0 Å². The maximum Gasteiger partial charge on any atom is 0.194 e. The van der Waals surface area contributed by atoms with E-state index in [0.717, 1.165) is 11.9 Å². The zero-order valence-corrected chi connectivity index (χ0v) is 9.53. The van der Waals surface area contributed by atoms with Crippen LogP contribution in [0.25, 0.3) is 10.9 Å². The highest BCUT2D eigenvalue weighted by Crippen LogP contribution is 2.14. The third kappa shape index (κ3) is 1.63. The minimum atomic E-state index is -0.210. The van der Waals surface area contributed by atoms with Crippen molar-refractivity contribution >= 4 is 10.9 Å². The van der Waals surface area contributed by atoms with Crippen LogP contribution in [0.2, 0.25) is 0 Å². The second-order valence-corrected chi connectivity index (χ2v) is 3.96. The van der Waals surface area contributed by atoms with E-state index in [2.05, 4.69) is 6.92 Å². The lowest BCUT2D eigenvalue weighted by Crippen LogP contribution is -2.13. The van der Waals surface area contributed by atoms with Gasteiger partial charge in [-0.25, -0.2) is 0 Å². The molecule has 0 saturated heterocycles. The maximum atomic E-state index is 11.9. The predicted octanol–water partition coefficient (Wildman–Crippen LogP) is 1.59. The second-order valence-electron chi connectivity index (χ2n) is 3.96. The molecule has 0 radical (unpaired) electrons.